The monoisotopic (exact) mass is 329 g/mol. The van der Waals surface area contributed by atoms with Gasteiger partial charge in [0, 0.05) is 17.9 Å². The molecule has 0 spiro atoms. The van der Waals surface area contributed by atoms with Gasteiger partial charge in [-0.25, -0.2) is 0 Å². The minimum Gasteiger partial charge on any atom is -0.508 e. The molecular formula is C21H31NO2. The molecule has 3 nitrogen and oxygen atoms in total. The van der Waals surface area contributed by atoms with E-state index in [9.17, 15) is 5.11 Å². The molecule has 0 amide bonds. The summed E-state index contributed by atoms with van der Waals surface area (Å²) in [5, 5.41) is 19.6. The van der Waals surface area contributed by atoms with Crippen LogP contribution in [0.5, 0.6) is 11.5 Å². The number of aromatic hydroxyl groups is 1. The Hall–Kier alpha value is -1.69. The molecule has 0 fully saturated rings. The second kappa shape index (κ2) is 7.92. The van der Waals surface area contributed by atoms with E-state index in [1.807, 2.05) is 6.07 Å². The first-order valence-corrected chi connectivity index (χ1v) is 9.36. The molecule has 2 atom stereocenters. The summed E-state index contributed by atoms with van der Waals surface area (Å²) in [6, 6.07) is 6.29. The van der Waals surface area contributed by atoms with E-state index in [1.54, 1.807) is 0 Å². The van der Waals surface area contributed by atoms with Crippen molar-refractivity contribution in [2.45, 2.75) is 84.2 Å². The molecule has 0 saturated heterocycles. The van der Waals surface area contributed by atoms with E-state index in [4.69, 9.17) is 10.00 Å². The Morgan fingerprint density at radius 3 is 2.62 bits per heavy atom. The largest absolute Gasteiger partial charge is 0.508 e. The minimum atomic E-state index is -0.320. The zero-order chi connectivity index (χ0) is 17.7. The molecular weight excluding hydrogens is 298 g/mol. The number of benzene rings is 1. The summed E-state index contributed by atoms with van der Waals surface area (Å²) in [7, 11) is 0. The lowest BCUT2D eigenvalue weighted by Crippen LogP contribution is -2.44. The van der Waals surface area contributed by atoms with E-state index < -0.39 is 0 Å². The molecule has 0 bridgehead atoms. The summed E-state index contributed by atoms with van der Waals surface area (Å²) in [6.45, 7) is 8.58. The smallest absolute Gasteiger partial charge is 0.127 e. The van der Waals surface area contributed by atoms with Gasteiger partial charge in [0.15, 0.2) is 0 Å². The molecule has 2 rings (SSSR count). The van der Waals surface area contributed by atoms with E-state index >= 15 is 0 Å². The summed E-state index contributed by atoms with van der Waals surface area (Å²) >= 11 is 0. The van der Waals surface area contributed by atoms with Crippen molar-refractivity contribution in [3.63, 3.8) is 0 Å². The lowest BCUT2D eigenvalue weighted by molar-refractivity contribution is 0.00457. The third-order valence-electron chi connectivity index (χ3n) is 5.38. The Kier molecular flexibility index (Phi) is 6.15. The maximum atomic E-state index is 10.7. The van der Waals surface area contributed by atoms with Gasteiger partial charge in [-0.05, 0) is 63.1 Å². The van der Waals surface area contributed by atoms with Crippen LogP contribution in [0.25, 0.3) is 0 Å². The van der Waals surface area contributed by atoms with Crippen LogP contribution in [0.1, 0.15) is 83.3 Å². The zero-order valence-electron chi connectivity index (χ0n) is 15.6. The number of phenols is 1. The molecule has 3 heteroatoms. The van der Waals surface area contributed by atoms with Gasteiger partial charge in [0.2, 0.25) is 0 Å². The molecule has 0 saturated carbocycles. The first-order chi connectivity index (χ1) is 11.4. The maximum absolute atomic E-state index is 10.7. The summed E-state index contributed by atoms with van der Waals surface area (Å²) in [5.41, 5.74) is 1.78. The highest BCUT2D eigenvalue weighted by atomic mass is 16.5. The van der Waals surface area contributed by atoms with Crippen molar-refractivity contribution in [2.75, 3.05) is 0 Å². The van der Waals surface area contributed by atoms with E-state index in [2.05, 4.69) is 39.8 Å². The molecule has 0 aliphatic carbocycles. The molecule has 0 aromatic heterocycles. The topological polar surface area (TPSA) is 53.2 Å². The van der Waals surface area contributed by atoms with Crippen LogP contribution >= 0.6 is 0 Å². The van der Waals surface area contributed by atoms with Crippen LogP contribution in [-0.2, 0) is 6.42 Å². The second-order valence-corrected chi connectivity index (χ2v) is 7.51. The van der Waals surface area contributed by atoms with Gasteiger partial charge in [0.1, 0.15) is 17.1 Å². The van der Waals surface area contributed by atoms with Gasteiger partial charge < -0.3 is 9.84 Å². The molecule has 1 aliphatic heterocycles. The third kappa shape index (κ3) is 3.86. The van der Waals surface area contributed by atoms with Crippen molar-refractivity contribution in [2.24, 2.45) is 5.92 Å². The molecule has 1 aromatic rings. The second-order valence-electron chi connectivity index (χ2n) is 7.51. The van der Waals surface area contributed by atoms with Crippen molar-refractivity contribution in [3.05, 3.63) is 23.3 Å². The number of hydrogen-bond donors (Lipinski definition) is 1. The number of unbranched alkanes of at least 4 members (excludes halogenated alkanes) is 2. The van der Waals surface area contributed by atoms with Crippen LogP contribution in [0.2, 0.25) is 0 Å². The Bertz CT molecular complexity index is 601. The number of aryl methyl sites for hydroxylation is 1. The predicted molar refractivity (Wildman–Crippen MR) is 97.4 cm³/mol. The quantitative estimate of drug-likeness (QED) is 0.652. The van der Waals surface area contributed by atoms with Crippen LogP contribution in [0, 0.1) is 17.2 Å². The number of hydrogen-bond acceptors (Lipinski definition) is 3. The SMILES string of the molecule is CCCCCc1cc(O)c2c(c1)OC(C)(C)C(CCC#N)[C@H]2CC. The van der Waals surface area contributed by atoms with Crippen molar-refractivity contribution in [1.82, 2.24) is 0 Å². The standard InChI is InChI=1S/C21H31NO2/c1-5-7-8-10-15-13-18(23)20-16(6-2)17(11-9-12-22)21(3,4)24-19(20)14-15/h13-14,16-17,23H,5-11H2,1-4H3/t16-,17?/m1/s1. The van der Waals surface area contributed by atoms with Crippen molar-refractivity contribution >= 4 is 0 Å². The van der Waals surface area contributed by atoms with Crippen LogP contribution in [0.4, 0.5) is 0 Å². The average molecular weight is 329 g/mol. The van der Waals surface area contributed by atoms with E-state index in [-0.39, 0.29) is 17.4 Å². The van der Waals surface area contributed by atoms with Crippen LogP contribution in [-0.4, -0.2) is 10.7 Å². The lowest BCUT2D eigenvalue weighted by Gasteiger charge is -2.45. The molecule has 1 unspecified atom stereocenters. The highest BCUT2D eigenvalue weighted by Crippen LogP contribution is 2.51. The minimum absolute atomic E-state index is 0.238. The first-order valence-electron chi connectivity index (χ1n) is 9.36. The van der Waals surface area contributed by atoms with Gasteiger partial charge in [0.05, 0.1) is 6.07 Å². The van der Waals surface area contributed by atoms with Gasteiger partial charge in [-0.1, -0.05) is 26.7 Å². The summed E-state index contributed by atoms with van der Waals surface area (Å²) in [6.07, 6.45) is 6.79. The summed E-state index contributed by atoms with van der Waals surface area (Å²) < 4.78 is 6.32. The van der Waals surface area contributed by atoms with E-state index in [1.165, 1.54) is 12.8 Å². The van der Waals surface area contributed by atoms with Crippen LogP contribution in [0.15, 0.2) is 12.1 Å². The Morgan fingerprint density at radius 1 is 1.25 bits per heavy atom. The van der Waals surface area contributed by atoms with Gasteiger partial charge in [0.25, 0.3) is 0 Å². The average Bonchev–Trinajstić information content (AvgIpc) is 2.52. The summed E-state index contributed by atoms with van der Waals surface area (Å²) in [5.74, 6) is 1.68. The molecule has 24 heavy (non-hydrogen) atoms. The molecule has 132 valence electrons. The van der Waals surface area contributed by atoms with Gasteiger partial charge >= 0.3 is 0 Å². The summed E-state index contributed by atoms with van der Waals surface area (Å²) in [4.78, 5) is 0. The molecule has 1 heterocycles. The zero-order valence-corrected chi connectivity index (χ0v) is 15.6. The predicted octanol–water partition coefficient (Wildman–Crippen LogP) is 5.71. The molecule has 1 aliphatic rings. The number of nitriles is 1. The number of rotatable bonds is 7. The van der Waals surface area contributed by atoms with E-state index in [0.29, 0.717) is 12.2 Å². The lowest BCUT2D eigenvalue weighted by atomic mass is 9.70. The first kappa shape index (κ1) is 18.6. The Labute approximate surface area is 146 Å². The highest BCUT2D eigenvalue weighted by molar-refractivity contribution is 5.51. The third-order valence-corrected chi connectivity index (χ3v) is 5.38. The number of phenolic OH excluding ortho intramolecular Hbond substituents is 1. The Balaban J connectivity index is 2.36. The normalized spacial score (nSPS) is 21.6. The van der Waals surface area contributed by atoms with Crippen LogP contribution < -0.4 is 4.74 Å². The highest BCUT2D eigenvalue weighted by Gasteiger charge is 2.43. The fourth-order valence-electron chi connectivity index (χ4n) is 4.15. The molecule has 1 N–H and O–H groups in total. The number of nitrogens with zero attached hydrogens (tertiary/aromatic N) is 1. The number of ether oxygens (including phenoxy) is 1. The fraction of sp³-hybridized carbons (Fsp3) is 0.667. The van der Waals surface area contributed by atoms with Crippen molar-refractivity contribution in [1.29, 1.82) is 5.26 Å². The van der Waals surface area contributed by atoms with Gasteiger partial charge in [-0.3, -0.25) is 0 Å². The fourth-order valence-corrected chi connectivity index (χ4v) is 4.15. The Morgan fingerprint density at radius 2 is 2.00 bits per heavy atom. The molecule has 0 radical (unpaired) electrons. The van der Waals surface area contributed by atoms with Gasteiger partial charge in [-0.2, -0.15) is 5.26 Å². The van der Waals surface area contributed by atoms with Crippen molar-refractivity contribution < 1.29 is 9.84 Å². The van der Waals surface area contributed by atoms with Crippen molar-refractivity contribution in [3.8, 4) is 17.6 Å². The number of fused-ring (bicyclic) bond motifs is 1. The van der Waals surface area contributed by atoms with Crippen LogP contribution in [0.3, 0.4) is 0 Å². The molecule has 1 aromatic carbocycles. The maximum Gasteiger partial charge on any atom is 0.127 e. The van der Waals surface area contributed by atoms with E-state index in [0.717, 1.165) is 42.6 Å². The van der Waals surface area contributed by atoms with Gasteiger partial charge in [-0.15, -0.1) is 0 Å².